The highest BCUT2D eigenvalue weighted by molar-refractivity contribution is 9.10. The number of imidazole rings is 1. The molecule has 0 radical (unpaired) electrons. The molecule has 1 aromatic heterocycles. The van der Waals surface area contributed by atoms with Gasteiger partial charge in [0, 0.05) is 12.1 Å². The summed E-state index contributed by atoms with van der Waals surface area (Å²) in [5.41, 5.74) is 7.46. The van der Waals surface area contributed by atoms with Gasteiger partial charge in [0.2, 0.25) is 5.95 Å². The molecule has 0 aliphatic carbocycles. The molecule has 2 rings (SSSR count). The maximum absolute atomic E-state index is 13.5. The number of nitrogen functional groups attached to an aromatic ring is 1. The molecule has 0 amide bonds. The number of hydrogen-bond acceptors (Lipinski definition) is 2. The third-order valence-corrected chi connectivity index (χ3v) is 3.89. The summed E-state index contributed by atoms with van der Waals surface area (Å²) in [6.45, 7) is 6.42. The van der Waals surface area contributed by atoms with E-state index in [1.165, 1.54) is 6.07 Å². The molecule has 2 aromatic rings. The number of anilines is 1. The third kappa shape index (κ3) is 2.11. The fraction of sp³-hybridized carbons (Fsp3) is 0.462. The van der Waals surface area contributed by atoms with Gasteiger partial charge in [-0.25, -0.2) is 9.37 Å². The maximum Gasteiger partial charge on any atom is 0.201 e. The molecule has 0 saturated carbocycles. The van der Waals surface area contributed by atoms with Crippen LogP contribution in [0, 0.1) is 11.7 Å². The Labute approximate surface area is 114 Å². The second-order valence-electron chi connectivity index (χ2n) is 4.81. The van der Waals surface area contributed by atoms with Gasteiger partial charge >= 0.3 is 0 Å². The van der Waals surface area contributed by atoms with Gasteiger partial charge < -0.3 is 10.3 Å². The van der Waals surface area contributed by atoms with Gasteiger partial charge in [0.25, 0.3) is 0 Å². The number of aromatic nitrogens is 2. The number of halogens is 2. The highest BCUT2D eigenvalue weighted by atomic mass is 79.9. The lowest BCUT2D eigenvalue weighted by atomic mass is 10.0. The SMILES string of the molecule is CCC(C(C)C)n1c(N)nc2cc(F)c(Br)cc21. The number of hydrogen-bond donors (Lipinski definition) is 1. The van der Waals surface area contributed by atoms with E-state index in [1.807, 2.05) is 4.57 Å². The molecule has 0 aliphatic heterocycles. The van der Waals surface area contributed by atoms with Crippen molar-refractivity contribution in [3.8, 4) is 0 Å². The zero-order valence-corrected chi connectivity index (χ0v) is 12.3. The van der Waals surface area contributed by atoms with E-state index in [4.69, 9.17) is 5.73 Å². The smallest absolute Gasteiger partial charge is 0.201 e. The summed E-state index contributed by atoms with van der Waals surface area (Å²) in [7, 11) is 0. The molecular formula is C13H17BrFN3. The number of nitrogens with two attached hydrogens (primary N) is 1. The summed E-state index contributed by atoms with van der Waals surface area (Å²) < 4.78 is 15.9. The second-order valence-corrected chi connectivity index (χ2v) is 5.67. The molecule has 0 spiro atoms. The van der Waals surface area contributed by atoms with E-state index in [0.29, 0.717) is 21.9 Å². The number of fused-ring (bicyclic) bond motifs is 1. The van der Waals surface area contributed by atoms with Crippen LogP contribution in [0.4, 0.5) is 10.3 Å². The van der Waals surface area contributed by atoms with E-state index in [0.717, 1.165) is 11.9 Å². The lowest BCUT2D eigenvalue weighted by molar-refractivity contribution is 0.377. The quantitative estimate of drug-likeness (QED) is 0.926. The number of nitrogens with zero attached hydrogens (tertiary/aromatic N) is 2. The van der Waals surface area contributed by atoms with E-state index < -0.39 is 0 Å². The molecule has 98 valence electrons. The third-order valence-electron chi connectivity index (χ3n) is 3.28. The highest BCUT2D eigenvalue weighted by Crippen LogP contribution is 2.32. The lowest BCUT2D eigenvalue weighted by Crippen LogP contribution is -2.16. The molecule has 0 saturated heterocycles. The molecule has 0 fully saturated rings. The van der Waals surface area contributed by atoms with Gasteiger partial charge in [-0.05, 0) is 34.3 Å². The van der Waals surface area contributed by atoms with Crippen molar-refractivity contribution in [2.45, 2.75) is 33.2 Å². The van der Waals surface area contributed by atoms with Crippen molar-refractivity contribution in [3.63, 3.8) is 0 Å². The minimum atomic E-state index is -0.315. The molecule has 18 heavy (non-hydrogen) atoms. The Kier molecular flexibility index (Phi) is 3.61. The maximum atomic E-state index is 13.5. The molecule has 1 unspecified atom stereocenters. The van der Waals surface area contributed by atoms with Crippen molar-refractivity contribution in [1.82, 2.24) is 9.55 Å². The van der Waals surface area contributed by atoms with E-state index >= 15 is 0 Å². The Bertz CT molecular complexity index is 577. The van der Waals surface area contributed by atoms with Crippen LogP contribution in [0.25, 0.3) is 11.0 Å². The van der Waals surface area contributed by atoms with Gasteiger partial charge in [0.15, 0.2) is 0 Å². The molecular weight excluding hydrogens is 297 g/mol. The van der Waals surface area contributed by atoms with Crippen molar-refractivity contribution in [2.75, 3.05) is 5.73 Å². The molecule has 1 heterocycles. The van der Waals surface area contributed by atoms with Gasteiger partial charge in [0.05, 0.1) is 15.5 Å². The van der Waals surface area contributed by atoms with Crippen LogP contribution in [0.5, 0.6) is 0 Å². The summed E-state index contributed by atoms with van der Waals surface area (Å²) in [5.74, 6) is 0.575. The summed E-state index contributed by atoms with van der Waals surface area (Å²) in [6.07, 6.45) is 0.961. The predicted molar refractivity (Wildman–Crippen MR) is 76.0 cm³/mol. The fourth-order valence-electron chi connectivity index (χ4n) is 2.41. The normalized spacial score (nSPS) is 13.4. The first-order valence-electron chi connectivity index (χ1n) is 6.08. The minimum Gasteiger partial charge on any atom is -0.369 e. The zero-order chi connectivity index (χ0) is 13.4. The molecule has 0 aliphatic rings. The molecule has 2 N–H and O–H groups in total. The van der Waals surface area contributed by atoms with Crippen LogP contribution < -0.4 is 5.73 Å². The lowest BCUT2D eigenvalue weighted by Gasteiger charge is -2.22. The van der Waals surface area contributed by atoms with Gasteiger partial charge in [0.1, 0.15) is 5.82 Å². The fourth-order valence-corrected chi connectivity index (χ4v) is 2.74. The van der Waals surface area contributed by atoms with E-state index in [-0.39, 0.29) is 11.9 Å². The van der Waals surface area contributed by atoms with Crippen LogP contribution in [0.15, 0.2) is 16.6 Å². The van der Waals surface area contributed by atoms with Crippen LogP contribution in [0.2, 0.25) is 0 Å². The van der Waals surface area contributed by atoms with Gasteiger partial charge in [-0.15, -0.1) is 0 Å². The monoisotopic (exact) mass is 313 g/mol. The van der Waals surface area contributed by atoms with Crippen LogP contribution in [0.1, 0.15) is 33.2 Å². The van der Waals surface area contributed by atoms with Crippen molar-refractivity contribution >= 4 is 32.9 Å². The summed E-state index contributed by atoms with van der Waals surface area (Å²) in [4.78, 5) is 4.25. The topological polar surface area (TPSA) is 43.8 Å². The Morgan fingerprint density at radius 1 is 1.44 bits per heavy atom. The van der Waals surface area contributed by atoms with Crippen molar-refractivity contribution in [2.24, 2.45) is 5.92 Å². The Morgan fingerprint density at radius 2 is 2.11 bits per heavy atom. The zero-order valence-electron chi connectivity index (χ0n) is 10.7. The average Bonchev–Trinajstić information content (AvgIpc) is 2.57. The van der Waals surface area contributed by atoms with Crippen LogP contribution in [0.3, 0.4) is 0 Å². The Balaban J connectivity index is 2.70. The first-order valence-corrected chi connectivity index (χ1v) is 6.87. The van der Waals surface area contributed by atoms with Crippen molar-refractivity contribution in [3.05, 3.63) is 22.4 Å². The first-order chi connectivity index (χ1) is 8.45. The van der Waals surface area contributed by atoms with Crippen molar-refractivity contribution < 1.29 is 4.39 Å². The molecule has 1 atom stereocenters. The van der Waals surface area contributed by atoms with E-state index in [9.17, 15) is 4.39 Å². The largest absolute Gasteiger partial charge is 0.369 e. The average molecular weight is 314 g/mol. The summed E-state index contributed by atoms with van der Waals surface area (Å²) >= 11 is 3.21. The van der Waals surface area contributed by atoms with Crippen LogP contribution in [-0.2, 0) is 0 Å². The number of rotatable bonds is 3. The number of benzene rings is 1. The van der Waals surface area contributed by atoms with Gasteiger partial charge in [-0.1, -0.05) is 20.8 Å². The minimum absolute atomic E-state index is 0.271. The van der Waals surface area contributed by atoms with Gasteiger partial charge in [-0.3, -0.25) is 0 Å². The highest BCUT2D eigenvalue weighted by Gasteiger charge is 2.20. The van der Waals surface area contributed by atoms with Crippen molar-refractivity contribution in [1.29, 1.82) is 0 Å². The second kappa shape index (κ2) is 4.88. The molecule has 1 aromatic carbocycles. The first kappa shape index (κ1) is 13.3. The van der Waals surface area contributed by atoms with Crippen LogP contribution in [-0.4, -0.2) is 9.55 Å². The molecule has 3 nitrogen and oxygen atoms in total. The summed E-state index contributed by atoms with van der Waals surface area (Å²) in [5, 5.41) is 0. The Morgan fingerprint density at radius 3 is 2.67 bits per heavy atom. The summed E-state index contributed by atoms with van der Waals surface area (Å²) in [6, 6.07) is 3.44. The molecule has 0 bridgehead atoms. The van der Waals surface area contributed by atoms with E-state index in [2.05, 4.69) is 41.7 Å². The predicted octanol–water partition coefficient (Wildman–Crippen LogP) is 4.13. The van der Waals surface area contributed by atoms with Gasteiger partial charge in [-0.2, -0.15) is 0 Å². The van der Waals surface area contributed by atoms with E-state index in [1.54, 1.807) is 6.07 Å². The molecule has 5 heteroatoms. The van der Waals surface area contributed by atoms with Crippen LogP contribution >= 0.6 is 15.9 Å². The Hall–Kier alpha value is -1.10. The standard InChI is InChI=1S/C13H17BrFN3/c1-4-11(7(2)3)18-12-5-8(14)9(15)6-10(12)17-13(18)16/h5-7,11H,4H2,1-3H3,(H2,16,17).